The van der Waals surface area contributed by atoms with Gasteiger partial charge < -0.3 is 10.6 Å². The van der Waals surface area contributed by atoms with Crippen LogP contribution in [0.5, 0.6) is 0 Å². The normalized spacial score (nSPS) is 12.6. The topological polar surface area (TPSA) is 42.1 Å². The molecule has 0 aliphatic heterocycles. The van der Waals surface area contributed by atoms with Crippen molar-refractivity contribution in [1.82, 2.24) is 9.88 Å². The number of pyridine rings is 1. The minimum Gasteiger partial charge on any atom is -0.323 e. The molecule has 0 spiro atoms. The zero-order chi connectivity index (χ0) is 14.4. The maximum Gasteiger partial charge on any atom is 0.0424 e. The largest absolute Gasteiger partial charge is 0.323 e. The second-order valence-electron chi connectivity index (χ2n) is 5.25. The van der Waals surface area contributed by atoms with Crippen LogP contribution in [0, 0.1) is 0 Å². The molecule has 2 aromatic rings. The van der Waals surface area contributed by atoms with E-state index in [1.165, 1.54) is 16.7 Å². The molecule has 3 heteroatoms. The standard InChI is InChI=1S/C17H23N3/c1-3-14-4-6-16(7-5-14)17(18)13-20(2)12-15-8-10-19-11-9-15/h4-11,17H,3,12-13,18H2,1-2H3. The quantitative estimate of drug-likeness (QED) is 0.877. The Balaban J connectivity index is 1.91. The Hall–Kier alpha value is -1.71. The summed E-state index contributed by atoms with van der Waals surface area (Å²) in [6.07, 6.45) is 4.72. The predicted octanol–water partition coefficient (Wildman–Crippen LogP) is 2.78. The molecule has 0 saturated carbocycles. The molecule has 3 nitrogen and oxygen atoms in total. The van der Waals surface area contributed by atoms with Crippen LogP contribution in [0.4, 0.5) is 0 Å². The SMILES string of the molecule is CCc1ccc(C(N)CN(C)Cc2ccncc2)cc1. The molecule has 1 heterocycles. The molecule has 0 aliphatic rings. The third-order valence-corrected chi connectivity index (χ3v) is 3.53. The zero-order valence-corrected chi connectivity index (χ0v) is 12.3. The molecule has 1 atom stereocenters. The number of hydrogen-bond donors (Lipinski definition) is 1. The molecule has 1 unspecified atom stereocenters. The highest BCUT2D eigenvalue weighted by molar-refractivity contribution is 5.25. The Labute approximate surface area is 121 Å². The van der Waals surface area contributed by atoms with E-state index in [4.69, 9.17) is 5.73 Å². The van der Waals surface area contributed by atoms with Gasteiger partial charge in [-0.15, -0.1) is 0 Å². The molecule has 0 amide bonds. The summed E-state index contributed by atoms with van der Waals surface area (Å²) >= 11 is 0. The van der Waals surface area contributed by atoms with Crippen molar-refractivity contribution in [2.75, 3.05) is 13.6 Å². The van der Waals surface area contributed by atoms with Gasteiger partial charge in [-0.25, -0.2) is 0 Å². The number of nitrogens with zero attached hydrogens (tertiary/aromatic N) is 2. The first-order valence-electron chi connectivity index (χ1n) is 7.11. The van der Waals surface area contributed by atoms with E-state index in [0.717, 1.165) is 19.5 Å². The molecule has 106 valence electrons. The van der Waals surface area contributed by atoms with Gasteiger partial charge in [-0.2, -0.15) is 0 Å². The van der Waals surface area contributed by atoms with Crippen LogP contribution in [0.2, 0.25) is 0 Å². The van der Waals surface area contributed by atoms with E-state index in [-0.39, 0.29) is 6.04 Å². The van der Waals surface area contributed by atoms with E-state index < -0.39 is 0 Å². The van der Waals surface area contributed by atoms with E-state index in [1.807, 2.05) is 24.5 Å². The van der Waals surface area contributed by atoms with Gasteiger partial charge in [-0.05, 0) is 42.3 Å². The molecule has 1 aromatic carbocycles. The highest BCUT2D eigenvalue weighted by Crippen LogP contribution is 2.14. The molecule has 0 saturated heterocycles. The number of nitrogens with two attached hydrogens (primary N) is 1. The van der Waals surface area contributed by atoms with Crippen LogP contribution in [0.25, 0.3) is 0 Å². The van der Waals surface area contributed by atoms with Gasteiger partial charge in [0.15, 0.2) is 0 Å². The summed E-state index contributed by atoms with van der Waals surface area (Å²) in [6, 6.07) is 12.7. The summed E-state index contributed by atoms with van der Waals surface area (Å²) in [5.74, 6) is 0. The summed E-state index contributed by atoms with van der Waals surface area (Å²) in [4.78, 5) is 6.28. The lowest BCUT2D eigenvalue weighted by Crippen LogP contribution is -2.28. The number of hydrogen-bond acceptors (Lipinski definition) is 3. The lowest BCUT2D eigenvalue weighted by atomic mass is 10.0. The van der Waals surface area contributed by atoms with Crippen LogP contribution >= 0.6 is 0 Å². The Morgan fingerprint density at radius 2 is 1.70 bits per heavy atom. The van der Waals surface area contributed by atoms with E-state index in [2.05, 4.69) is 48.1 Å². The van der Waals surface area contributed by atoms with Crippen LogP contribution in [0.3, 0.4) is 0 Å². The van der Waals surface area contributed by atoms with Crippen molar-refractivity contribution in [2.45, 2.75) is 25.9 Å². The smallest absolute Gasteiger partial charge is 0.0424 e. The molecular formula is C17H23N3. The predicted molar refractivity (Wildman–Crippen MR) is 83.3 cm³/mol. The Kier molecular flexibility index (Phi) is 5.27. The van der Waals surface area contributed by atoms with Crippen LogP contribution in [0.15, 0.2) is 48.8 Å². The average Bonchev–Trinajstić information content (AvgIpc) is 2.48. The summed E-state index contributed by atoms with van der Waals surface area (Å²) in [7, 11) is 2.10. The van der Waals surface area contributed by atoms with Gasteiger partial charge >= 0.3 is 0 Å². The van der Waals surface area contributed by atoms with Crippen LogP contribution in [-0.4, -0.2) is 23.5 Å². The van der Waals surface area contributed by atoms with Crippen molar-refractivity contribution in [3.8, 4) is 0 Å². The van der Waals surface area contributed by atoms with Crippen LogP contribution in [-0.2, 0) is 13.0 Å². The number of likely N-dealkylation sites (N-methyl/N-ethyl adjacent to an activating group) is 1. The van der Waals surface area contributed by atoms with Crippen molar-refractivity contribution in [3.05, 3.63) is 65.5 Å². The molecular weight excluding hydrogens is 246 g/mol. The molecule has 1 aromatic heterocycles. The maximum absolute atomic E-state index is 6.29. The zero-order valence-electron chi connectivity index (χ0n) is 12.3. The van der Waals surface area contributed by atoms with Crippen molar-refractivity contribution in [2.24, 2.45) is 5.73 Å². The second-order valence-corrected chi connectivity index (χ2v) is 5.25. The van der Waals surface area contributed by atoms with Crippen molar-refractivity contribution in [1.29, 1.82) is 0 Å². The lowest BCUT2D eigenvalue weighted by Gasteiger charge is -2.21. The first-order valence-corrected chi connectivity index (χ1v) is 7.11. The molecule has 0 fully saturated rings. The fourth-order valence-electron chi connectivity index (χ4n) is 2.31. The fraction of sp³-hybridized carbons (Fsp3) is 0.353. The van der Waals surface area contributed by atoms with Gasteiger partial charge in [-0.1, -0.05) is 31.2 Å². The van der Waals surface area contributed by atoms with Gasteiger partial charge in [0.05, 0.1) is 0 Å². The summed E-state index contributed by atoms with van der Waals surface area (Å²) < 4.78 is 0. The number of aromatic nitrogens is 1. The number of benzene rings is 1. The molecule has 2 N–H and O–H groups in total. The highest BCUT2D eigenvalue weighted by atomic mass is 15.1. The Morgan fingerprint density at radius 3 is 2.30 bits per heavy atom. The maximum atomic E-state index is 6.29. The molecule has 20 heavy (non-hydrogen) atoms. The van der Waals surface area contributed by atoms with Gasteiger partial charge in [0, 0.05) is 31.5 Å². The van der Waals surface area contributed by atoms with Crippen molar-refractivity contribution < 1.29 is 0 Å². The number of aryl methyl sites for hydroxylation is 1. The van der Waals surface area contributed by atoms with Crippen molar-refractivity contribution in [3.63, 3.8) is 0 Å². The van der Waals surface area contributed by atoms with Crippen molar-refractivity contribution >= 4 is 0 Å². The third-order valence-electron chi connectivity index (χ3n) is 3.53. The molecule has 2 rings (SSSR count). The van der Waals surface area contributed by atoms with Gasteiger partial charge in [0.25, 0.3) is 0 Å². The minimum absolute atomic E-state index is 0.0488. The van der Waals surface area contributed by atoms with E-state index in [0.29, 0.717) is 0 Å². The van der Waals surface area contributed by atoms with Crippen LogP contribution < -0.4 is 5.73 Å². The Bertz CT molecular complexity index is 508. The van der Waals surface area contributed by atoms with Gasteiger partial charge in [0.2, 0.25) is 0 Å². The average molecular weight is 269 g/mol. The minimum atomic E-state index is 0.0488. The van der Waals surface area contributed by atoms with E-state index >= 15 is 0 Å². The van der Waals surface area contributed by atoms with Gasteiger partial charge in [0.1, 0.15) is 0 Å². The lowest BCUT2D eigenvalue weighted by molar-refractivity contribution is 0.305. The van der Waals surface area contributed by atoms with E-state index in [1.54, 1.807) is 0 Å². The molecule has 0 aliphatic carbocycles. The summed E-state index contributed by atoms with van der Waals surface area (Å²) in [5, 5.41) is 0. The highest BCUT2D eigenvalue weighted by Gasteiger charge is 2.09. The third kappa shape index (κ3) is 4.15. The Morgan fingerprint density at radius 1 is 1.05 bits per heavy atom. The fourth-order valence-corrected chi connectivity index (χ4v) is 2.31. The van der Waals surface area contributed by atoms with E-state index in [9.17, 15) is 0 Å². The molecule has 0 radical (unpaired) electrons. The summed E-state index contributed by atoms with van der Waals surface area (Å²) in [5.41, 5.74) is 10.1. The first-order chi connectivity index (χ1) is 9.69. The molecule has 0 bridgehead atoms. The second kappa shape index (κ2) is 7.17. The monoisotopic (exact) mass is 269 g/mol. The van der Waals surface area contributed by atoms with Gasteiger partial charge in [-0.3, -0.25) is 4.98 Å². The van der Waals surface area contributed by atoms with Crippen LogP contribution in [0.1, 0.15) is 29.7 Å². The number of rotatable bonds is 6. The summed E-state index contributed by atoms with van der Waals surface area (Å²) in [6.45, 7) is 3.90. The first kappa shape index (κ1) is 14.7.